The summed E-state index contributed by atoms with van der Waals surface area (Å²) in [5, 5.41) is 0. The minimum absolute atomic E-state index is 0.379. The van der Waals surface area contributed by atoms with Gasteiger partial charge in [-0.15, -0.1) is 0 Å². The first kappa shape index (κ1) is 17.8. The van der Waals surface area contributed by atoms with Crippen molar-refractivity contribution in [3.63, 3.8) is 0 Å². The van der Waals surface area contributed by atoms with Crippen LogP contribution in [0, 0.1) is 0 Å². The lowest BCUT2D eigenvalue weighted by Crippen LogP contribution is -2.36. The van der Waals surface area contributed by atoms with E-state index in [1.807, 2.05) is 31.2 Å². The molecule has 0 amide bonds. The van der Waals surface area contributed by atoms with Gasteiger partial charge in [-0.25, -0.2) is 0 Å². The lowest BCUT2D eigenvalue weighted by atomic mass is 10.2. The fourth-order valence-corrected chi connectivity index (χ4v) is 2.08. The number of benzene rings is 1. The fourth-order valence-electron chi connectivity index (χ4n) is 2.08. The summed E-state index contributed by atoms with van der Waals surface area (Å²) in [5.41, 5.74) is 6.51. The molecule has 0 bridgehead atoms. The highest BCUT2D eigenvalue weighted by Gasteiger charge is 2.29. The zero-order valence-corrected chi connectivity index (χ0v) is 12.3. The van der Waals surface area contributed by atoms with E-state index in [2.05, 4.69) is 0 Å². The van der Waals surface area contributed by atoms with E-state index in [9.17, 15) is 13.2 Å². The van der Waals surface area contributed by atoms with Gasteiger partial charge in [0.05, 0.1) is 13.2 Å². The summed E-state index contributed by atoms with van der Waals surface area (Å²) >= 11 is 0. The van der Waals surface area contributed by atoms with Crippen LogP contribution < -0.4 is 10.5 Å². The van der Waals surface area contributed by atoms with Gasteiger partial charge in [-0.1, -0.05) is 19.1 Å². The Kier molecular flexibility index (Phi) is 7.53. The highest BCUT2D eigenvalue weighted by Crippen LogP contribution is 2.17. The SMILES string of the molecule is CCCN(CCCOc1cccc(CN)c1)CC(F)(F)F. The van der Waals surface area contributed by atoms with E-state index in [4.69, 9.17) is 10.5 Å². The molecule has 0 atom stereocenters. The molecule has 0 spiro atoms. The van der Waals surface area contributed by atoms with Crippen LogP contribution in [0.1, 0.15) is 25.3 Å². The summed E-state index contributed by atoms with van der Waals surface area (Å²) in [6.07, 6.45) is -2.89. The van der Waals surface area contributed by atoms with Crippen molar-refractivity contribution in [2.75, 3.05) is 26.2 Å². The minimum Gasteiger partial charge on any atom is -0.494 e. The molecule has 1 aromatic rings. The zero-order chi connectivity index (χ0) is 15.7. The number of halogens is 3. The monoisotopic (exact) mass is 304 g/mol. The number of hydrogen-bond acceptors (Lipinski definition) is 3. The lowest BCUT2D eigenvalue weighted by molar-refractivity contribution is -0.146. The fraction of sp³-hybridized carbons (Fsp3) is 0.600. The second-order valence-electron chi connectivity index (χ2n) is 4.94. The largest absolute Gasteiger partial charge is 0.494 e. The summed E-state index contributed by atoms with van der Waals surface area (Å²) in [6, 6.07) is 7.42. The first-order valence-electron chi connectivity index (χ1n) is 7.15. The van der Waals surface area contributed by atoms with Crippen LogP contribution in [0.4, 0.5) is 13.2 Å². The topological polar surface area (TPSA) is 38.5 Å². The van der Waals surface area contributed by atoms with Crippen LogP contribution in [0.2, 0.25) is 0 Å². The Morgan fingerprint density at radius 3 is 2.62 bits per heavy atom. The summed E-state index contributed by atoms with van der Waals surface area (Å²) in [4.78, 5) is 1.42. The standard InChI is InChI=1S/C15H23F3N2O/c1-2-7-20(12-15(16,17)18)8-4-9-21-14-6-3-5-13(10-14)11-19/h3,5-6,10H,2,4,7-9,11-12,19H2,1H3. The minimum atomic E-state index is -4.15. The van der Waals surface area contributed by atoms with Crippen molar-refractivity contribution < 1.29 is 17.9 Å². The van der Waals surface area contributed by atoms with E-state index in [-0.39, 0.29) is 0 Å². The van der Waals surface area contributed by atoms with Gasteiger partial charge in [0.1, 0.15) is 5.75 Å². The molecule has 1 aromatic carbocycles. The molecule has 0 heterocycles. The van der Waals surface area contributed by atoms with Gasteiger partial charge in [-0.2, -0.15) is 13.2 Å². The van der Waals surface area contributed by atoms with Gasteiger partial charge in [0.25, 0.3) is 0 Å². The van der Waals surface area contributed by atoms with Crippen LogP contribution in [0.5, 0.6) is 5.75 Å². The van der Waals surface area contributed by atoms with E-state index in [0.29, 0.717) is 44.8 Å². The van der Waals surface area contributed by atoms with Gasteiger partial charge >= 0.3 is 6.18 Å². The lowest BCUT2D eigenvalue weighted by Gasteiger charge is -2.22. The smallest absolute Gasteiger partial charge is 0.401 e. The first-order valence-corrected chi connectivity index (χ1v) is 7.15. The number of hydrogen-bond donors (Lipinski definition) is 1. The van der Waals surface area contributed by atoms with E-state index >= 15 is 0 Å². The van der Waals surface area contributed by atoms with Crippen LogP contribution in [0.15, 0.2) is 24.3 Å². The van der Waals surface area contributed by atoms with Crippen LogP contribution >= 0.6 is 0 Å². The highest BCUT2D eigenvalue weighted by molar-refractivity contribution is 5.28. The molecule has 0 saturated heterocycles. The number of nitrogens with zero attached hydrogens (tertiary/aromatic N) is 1. The molecule has 0 aliphatic carbocycles. The second kappa shape index (κ2) is 8.89. The number of nitrogens with two attached hydrogens (primary N) is 1. The molecule has 2 N–H and O–H groups in total. The normalized spacial score (nSPS) is 11.9. The van der Waals surface area contributed by atoms with Crippen molar-refractivity contribution in [1.82, 2.24) is 4.90 Å². The summed E-state index contributed by atoms with van der Waals surface area (Å²) < 4.78 is 42.7. The number of alkyl halides is 3. The average Bonchev–Trinajstić information content (AvgIpc) is 2.42. The first-order chi connectivity index (χ1) is 9.94. The van der Waals surface area contributed by atoms with E-state index in [1.54, 1.807) is 0 Å². The molecule has 0 saturated carbocycles. The quantitative estimate of drug-likeness (QED) is 0.712. The van der Waals surface area contributed by atoms with E-state index < -0.39 is 12.7 Å². The third kappa shape index (κ3) is 7.92. The summed E-state index contributed by atoms with van der Waals surface area (Å²) in [5.74, 6) is 0.704. The molecule has 3 nitrogen and oxygen atoms in total. The Labute approximate surface area is 123 Å². The van der Waals surface area contributed by atoms with Crippen LogP contribution in [-0.2, 0) is 6.54 Å². The summed E-state index contributed by atoms with van der Waals surface area (Å²) in [6.45, 7) is 2.67. The molecule has 120 valence electrons. The van der Waals surface area contributed by atoms with Gasteiger partial charge in [-0.05, 0) is 37.1 Å². The zero-order valence-electron chi connectivity index (χ0n) is 12.3. The molecule has 0 unspecified atom stereocenters. The molecule has 0 radical (unpaired) electrons. The molecular formula is C15H23F3N2O. The van der Waals surface area contributed by atoms with Crippen molar-refractivity contribution in [3.8, 4) is 5.75 Å². The van der Waals surface area contributed by atoms with Gasteiger partial charge in [0.15, 0.2) is 0 Å². The van der Waals surface area contributed by atoms with E-state index in [0.717, 1.165) is 5.56 Å². The van der Waals surface area contributed by atoms with Crippen molar-refractivity contribution in [1.29, 1.82) is 0 Å². The van der Waals surface area contributed by atoms with Crippen molar-refractivity contribution in [2.24, 2.45) is 5.73 Å². The average molecular weight is 304 g/mol. The Balaban J connectivity index is 2.33. The second-order valence-corrected chi connectivity index (χ2v) is 4.94. The summed E-state index contributed by atoms with van der Waals surface area (Å²) in [7, 11) is 0. The van der Waals surface area contributed by atoms with Crippen LogP contribution in [0.3, 0.4) is 0 Å². The van der Waals surface area contributed by atoms with Gasteiger partial charge < -0.3 is 10.5 Å². The Morgan fingerprint density at radius 2 is 2.00 bits per heavy atom. The molecule has 0 aliphatic rings. The third-order valence-corrected chi connectivity index (χ3v) is 2.96. The van der Waals surface area contributed by atoms with Gasteiger partial charge in [0, 0.05) is 13.1 Å². The maximum absolute atomic E-state index is 12.4. The maximum atomic E-state index is 12.4. The van der Waals surface area contributed by atoms with Crippen molar-refractivity contribution in [2.45, 2.75) is 32.5 Å². The molecule has 0 fully saturated rings. The van der Waals surface area contributed by atoms with Crippen molar-refractivity contribution in [3.05, 3.63) is 29.8 Å². The highest BCUT2D eigenvalue weighted by atomic mass is 19.4. The Hall–Kier alpha value is -1.27. The third-order valence-electron chi connectivity index (χ3n) is 2.96. The van der Waals surface area contributed by atoms with Gasteiger partial charge in [0.2, 0.25) is 0 Å². The molecular weight excluding hydrogens is 281 g/mol. The van der Waals surface area contributed by atoms with Crippen LogP contribution in [-0.4, -0.2) is 37.3 Å². The number of rotatable bonds is 9. The Morgan fingerprint density at radius 1 is 1.24 bits per heavy atom. The maximum Gasteiger partial charge on any atom is 0.401 e. The predicted molar refractivity (Wildman–Crippen MR) is 77.2 cm³/mol. The van der Waals surface area contributed by atoms with Crippen LogP contribution in [0.25, 0.3) is 0 Å². The molecule has 1 rings (SSSR count). The number of ether oxygens (including phenoxy) is 1. The van der Waals surface area contributed by atoms with E-state index in [1.165, 1.54) is 4.90 Å². The Bertz CT molecular complexity index is 410. The molecule has 0 aromatic heterocycles. The molecule has 6 heteroatoms. The predicted octanol–water partition coefficient (Wildman–Crippen LogP) is 3.19. The van der Waals surface area contributed by atoms with Gasteiger partial charge in [-0.3, -0.25) is 4.90 Å². The van der Waals surface area contributed by atoms with Crippen molar-refractivity contribution >= 4 is 0 Å². The molecule has 21 heavy (non-hydrogen) atoms. The molecule has 0 aliphatic heterocycles.